The Bertz CT molecular complexity index is 1300. The highest BCUT2D eigenvalue weighted by Gasteiger charge is 2.32. The van der Waals surface area contributed by atoms with Gasteiger partial charge in [0.1, 0.15) is 17.6 Å². The number of nitrogens with zero attached hydrogens (tertiary/aromatic N) is 2. The molecule has 3 atom stereocenters. The molecule has 11 heteroatoms. The molecule has 1 aliphatic rings. The molecule has 3 unspecified atom stereocenters. The van der Waals surface area contributed by atoms with Gasteiger partial charge >= 0.3 is 0 Å². The highest BCUT2D eigenvalue weighted by Crippen LogP contribution is 2.33. The van der Waals surface area contributed by atoms with Crippen LogP contribution in [0.4, 0.5) is 5.69 Å². The van der Waals surface area contributed by atoms with Gasteiger partial charge in [-0.3, -0.25) is 4.79 Å². The van der Waals surface area contributed by atoms with E-state index in [-0.39, 0.29) is 29.5 Å². The van der Waals surface area contributed by atoms with E-state index in [1.54, 1.807) is 30.3 Å². The first-order valence-electron chi connectivity index (χ1n) is 11.8. The van der Waals surface area contributed by atoms with Crippen LogP contribution in [0.25, 0.3) is 0 Å². The van der Waals surface area contributed by atoms with E-state index in [2.05, 4.69) is 5.32 Å². The van der Waals surface area contributed by atoms with E-state index in [1.807, 2.05) is 66.4 Å². The summed E-state index contributed by atoms with van der Waals surface area (Å²) in [5.41, 5.74) is 2.55. The largest absolute Gasteiger partial charge is 0.365 e. The minimum Gasteiger partial charge on any atom is -0.365 e. The lowest BCUT2D eigenvalue weighted by Gasteiger charge is -2.33. The van der Waals surface area contributed by atoms with Crippen LogP contribution in [0.15, 0.2) is 73.1 Å². The molecule has 39 heavy (non-hydrogen) atoms. The third-order valence-corrected chi connectivity index (χ3v) is 7.96. The molecule has 0 aromatic heterocycles. The van der Waals surface area contributed by atoms with Gasteiger partial charge in [0, 0.05) is 27.5 Å². The van der Waals surface area contributed by atoms with Gasteiger partial charge in [0.15, 0.2) is 0 Å². The molecule has 208 valence electrons. The van der Waals surface area contributed by atoms with Crippen molar-refractivity contribution in [2.24, 2.45) is 0 Å². The SMILES string of the molecule is Br.Cc1cccc(Cl)c1NC(=O)C(C)N1C=CN(C(Cl)C(OCc2ccc(Cl)cc2Cl)c2ccc(Cl)cc2)C1. The Kier molecular flexibility index (Phi) is 11.7. The van der Waals surface area contributed by atoms with E-state index >= 15 is 0 Å². The number of aryl methyl sites for hydroxylation is 1. The zero-order valence-corrected chi connectivity index (χ0v) is 26.6. The lowest BCUT2D eigenvalue weighted by atomic mass is 10.1. The number of alkyl halides is 1. The van der Waals surface area contributed by atoms with E-state index in [1.165, 1.54) is 0 Å². The van der Waals surface area contributed by atoms with Gasteiger partial charge in [-0.15, -0.1) is 17.0 Å². The molecule has 1 heterocycles. The fraction of sp³-hybridized carbons (Fsp3) is 0.250. The van der Waals surface area contributed by atoms with E-state index in [4.69, 9.17) is 62.7 Å². The van der Waals surface area contributed by atoms with Crippen LogP contribution < -0.4 is 5.32 Å². The Labute approximate surface area is 264 Å². The molecule has 0 fully saturated rings. The Morgan fingerprint density at radius 3 is 2.28 bits per heavy atom. The van der Waals surface area contributed by atoms with Crippen molar-refractivity contribution in [3.63, 3.8) is 0 Å². The summed E-state index contributed by atoms with van der Waals surface area (Å²) in [5.74, 6) is -0.179. The average molecular weight is 695 g/mol. The highest BCUT2D eigenvalue weighted by atomic mass is 79.9. The van der Waals surface area contributed by atoms with Gasteiger partial charge in [-0.05, 0) is 60.9 Å². The minimum atomic E-state index is -0.593. The highest BCUT2D eigenvalue weighted by molar-refractivity contribution is 8.93. The normalized spacial score (nSPS) is 15.1. The summed E-state index contributed by atoms with van der Waals surface area (Å²) in [6, 6.07) is 17.6. The van der Waals surface area contributed by atoms with E-state index < -0.39 is 17.6 Å². The lowest BCUT2D eigenvalue weighted by molar-refractivity contribution is -0.120. The summed E-state index contributed by atoms with van der Waals surface area (Å²) in [4.78, 5) is 16.8. The molecule has 3 aromatic rings. The summed E-state index contributed by atoms with van der Waals surface area (Å²) in [7, 11) is 0. The second-order valence-corrected chi connectivity index (χ2v) is 11.1. The first-order chi connectivity index (χ1) is 18.1. The third-order valence-electron chi connectivity index (χ3n) is 6.32. The van der Waals surface area contributed by atoms with Gasteiger partial charge in [0.2, 0.25) is 5.91 Å². The minimum absolute atomic E-state index is 0. The van der Waals surface area contributed by atoms with Crippen molar-refractivity contribution in [3.8, 4) is 0 Å². The Balaban J connectivity index is 0.00000420. The molecule has 1 aliphatic heterocycles. The predicted octanol–water partition coefficient (Wildman–Crippen LogP) is 9.08. The van der Waals surface area contributed by atoms with Crippen LogP contribution in [0.1, 0.15) is 29.7 Å². The number of carbonyl (C=O) groups excluding carboxylic acids is 1. The number of para-hydroxylation sites is 1. The Hall–Kier alpha value is -1.64. The lowest BCUT2D eigenvalue weighted by Crippen LogP contribution is -2.43. The molecule has 1 amide bonds. The second kappa shape index (κ2) is 14.3. The number of rotatable bonds is 9. The predicted molar refractivity (Wildman–Crippen MR) is 167 cm³/mol. The smallest absolute Gasteiger partial charge is 0.246 e. The summed E-state index contributed by atoms with van der Waals surface area (Å²) < 4.78 is 6.31. The molecular formula is C28H27BrCl5N3O2. The van der Waals surface area contributed by atoms with Crippen molar-refractivity contribution in [3.05, 3.63) is 110 Å². The van der Waals surface area contributed by atoms with Gasteiger partial charge in [-0.25, -0.2) is 0 Å². The first kappa shape index (κ1) is 31.9. The fourth-order valence-electron chi connectivity index (χ4n) is 4.01. The molecule has 4 rings (SSSR count). The molecule has 0 saturated heterocycles. The van der Waals surface area contributed by atoms with Gasteiger partial charge in [-0.2, -0.15) is 0 Å². The number of anilines is 1. The van der Waals surface area contributed by atoms with Gasteiger partial charge in [-0.1, -0.05) is 88.3 Å². The standard InChI is InChI=1S/C28H26Cl5N3O2.BrH/c1-17-4-3-5-23(31)25(17)34-28(37)18(2)35-12-13-36(16-35)27(33)26(19-6-9-21(29)10-7-19)38-15-20-8-11-22(30)14-24(20)32;/h3-14,18,26-27H,15-16H2,1-2H3,(H,34,37);1H. The third kappa shape index (κ3) is 7.98. The van der Waals surface area contributed by atoms with Crippen molar-refractivity contribution < 1.29 is 9.53 Å². The van der Waals surface area contributed by atoms with Crippen LogP contribution in [0.2, 0.25) is 20.1 Å². The maximum Gasteiger partial charge on any atom is 0.246 e. The summed E-state index contributed by atoms with van der Waals surface area (Å²) in [6.07, 6.45) is 3.16. The zero-order valence-electron chi connectivity index (χ0n) is 21.1. The second-order valence-electron chi connectivity index (χ2n) is 8.96. The number of ether oxygens (including phenoxy) is 1. The molecule has 3 aromatic carbocycles. The van der Waals surface area contributed by atoms with Crippen molar-refractivity contribution in [2.75, 3.05) is 12.0 Å². The molecule has 5 nitrogen and oxygen atoms in total. The van der Waals surface area contributed by atoms with Crippen molar-refractivity contribution in [2.45, 2.75) is 38.1 Å². The average Bonchev–Trinajstić information content (AvgIpc) is 3.38. The van der Waals surface area contributed by atoms with Crippen LogP contribution in [0, 0.1) is 6.92 Å². The van der Waals surface area contributed by atoms with Crippen LogP contribution in [-0.2, 0) is 16.1 Å². The number of amides is 1. The first-order valence-corrected chi connectivity index (χ1v) is 13.8. The monoisotopic (exact) mass is 691 g/mol. The quantitative estimate of drug-likeness (QED) is 0.179. The Morgan fingerprint density at radius 2 is 1.62 bits per heavy atom. The molecule has 0 spiro atoms. The van der Waals surface area contributed by atoms with Gasteiger partial charge < -0.3 is 19.9 Å². The maximum absolute atomic E-state index is 13.0. The van der Waals surface area contributed by atoms with Crippen molar-refractivity contribution >= 4 is 86.6 Å². The summed E-state index contributed by atoms with van der Waals surface area (Å²) in [6.45, 7) is 4.34. The topological polar surface area (TPSA) is 44.8 Å². The molecule has 1 N–H and O–H groups in total. The molecule has 0 aliphatic carbocycles. The van der Waals surface area contributed by atoms with Crippen molar-refractivity contribution in [1.82, 2.24) is 9.80 Å². The van der Waals surface area contributed by atoms with Crippen molar-refractivity contribution in [1.29, 1.82) is 0 Å². The molecule has 0 saturated carbocycles. The number of hydrogen-bond donors (Lipinski definition) is 1. The number of halogens is 6. The number of carbonyl (C=O) groups is 1. The molecular weight excluding hydrogens is 667 g/mol. The van der Waals surface area contributed by atoms with Crippen LogP contribution >= 0.6 is 75.0 Å². The van der Waals surface area contributed by atoms with E-state index in [0.29, 0.717) is 32.4 Å². The van der Waals surface area contributed by atoms with E-state index in [9.17, 15) is 4.79 Å². The van der Waals surface area contributed by atoms with E-state index in [0.717, 1.165) is 16.7 Å². The summed E-state index contributed by atoms with van der Waals surface area (Å²) >= 11 is 31.8. The number of hydrogen-bond acceptors (Lipinski definition) is 4. The molecule has 0 bridgehead atoms. The van der Waals surface area contributed by atoms with Crippen LogP contribution in [0.3, 0.4) is 0 Å². The fourth-order valence-corrected chi connectivity index (χ4v) is 5.22. The zero-order chi connectivity index (χ0) is 27.4. The Morgan fingerprint density at radius 1 is 0.949 bits per heavy atom. The molecule has 0 radical (unpaired) electrons. The van der Waals surface area contributed by atoms with Crippen LogP contribution in [-0.4, -0.2) is 33.9 Å². The van der Waals surface area contributed by atoms with Gasteiger partial charge in [0.05, 0.1) is 24.0 Å². The summed E-state index contributed by atoms with van der Waals surface area (Å²) in [5, 5.41) is 5.11. The maximum atomic E-state index is 13.0. The van der Waals surface area contributed by atoms with Gasteiger partial charge in [0.25, 0.3) is 0 Å². The van der Waals surface area contributed by atoms with Crippen LogP contribution in [0.5, 0.6) is 0 Å². The number of benzene rings is 3. The number of nitrogens with one attached hydrogen (secondary N) is 1.